The minimum Gasteiger partial charge on any atom is -0.338 e. The molecule has 5 rings (SSSR count). The van der Waals surface area contributed by atoms with Crippen LogP contribution < -0.4 is 16.0 Å². The molecule has 4 aromatic rings. The lowest BCUT2D eigenvalue weighted by Gasteiger charge is -2.25. The third kappa shape index (κ3) is 5.28. The number of aromatic nitrogens is 4. The monoisotopic (exact) mass is 541 g/mol. The first-order chi connectivity index (χ1) is 18.0. The fourth-order valence-corrected chi connectivity index (χ4v) is 4.38. The van der Waals surface area contributed by atoms with Crippen LogP contribution in [0.3, 0.4) is 0 Å². The highest BCUT2D eigenvalue weighted by Crippen LogP contribution is 2.39. The van der Waals surface area contributed by atoms with Gasteiger partial charge in [0.05, 0.1) is 18.1 Å². The smallest absolute Gasteiger partial charge is 0.338 e. The SMILES string of the molecule is CC1(C)CCC(=O)Nc2ccc(Nc3ncc(Cl)c(Nc4ccccc4-c4ncc(C(F)(F)F)[nH]4)n3)cc21. The summed E-state index contributed by atoms with van der Waals surface area (Å²) in [7, 11) is 0. The van der Waals surface area contributed by atoms with E-state index in [1.165, 1.54) is 6.20 Å². The third-order valence-corrected chi connectivity index (χ3v) is 6.59. The van der Waals surface area contributed by atoms with Crippen molar-refractivity contribution in [2.24, 2.45) is 0 Å². The number of amides is 1. The number of H-pyrrole nitrogens is 1. The van der Waals surface area contributed by atoms with Gasteiger partial charge in [-0.15, -0.1) is 0 Å². The maximum atomic E-state index is 13.1. The number of carbonyl (C=O) groups is 1. The molecule has 0 unspecified atom stereocenters. The molecule has 1 amide bonds. The van der Waals surface area contributed by atoms with Gasteiger partial charge >= 0.3 is 6.18 Å². The van der Waals surface area contributed by atoms with Crippen molar-refractivity contribution in [3.8, 4) is 11.4 Å². The lowest BCUT2D eigenvalue weighted by atomic mass is 9.80. The van der Waals surface area contributed by atoms with Crippen molar-refractivity contribution in [1.29, 1.82) is 0 Å². The molecule has 8 nitrogen and oxygen atoms in total. The van der Waals surface area contributed by atoms with E-state index in [2.05, 4.69) is 49.7 Å². The summed E-state index contributed by atoms with van der Waals surface area (Å²) in [6.45, 7) is 4.18. The van der Waals surface area contributed by atoms with Gasteiger partial charge in [0.25, 0.3) is 0 Å². The average Bonchev–Trinajstić information content (AvgIpc) is 3.33. The van der Waals surface area contributed by atoms with E-state index >= 15 is 0 Å². The number of fused-ring (bicyclic) bond motifs is 1. The van der Waals surface area contributed by atoms with E-state index in [1.807, 2.05) is 18.2 Å². The molecule has 2 aromatic heterocycles. The molecule has 0 radical (unpaired) electrons. The summed E-state index contributed by atoms with van der Waals surface area (Å²) in [5.74, 6) is 0.533. The molecule has 3 heterocycles. The van der Waals surface area contributed by atoms with Crippen LogP contribution in [-0.4, -0.2) is 25.8 Å². The second-order valence-corrected chi connectivity index (χ2v) is 9.93. The van der Waals surface area contributed by atoms with Gasteiger partial charge in [-0.25, -0.2) is 9.97 Å². The zero-order valence-corrected chi connectivity index (χ0v) is 21.1. The summed E-state index contributed by atoms with van der Waals surface area (Å²) < 4.78 is 39.2. The second-order valence-electron chi connectivity index (χ2n) is 9.52. The highest BCUT2D eigenvalue weighted by molar-refractivity contribution is 6.33. The Hall–Kier alpha value is -4.12. The predicted molar refractivity (Wildman–Crippen MR) is 140 cm³/mol. The molecule has 1 aliphatic heterocycles. The minimum atomic E-state index is -4.54. The minimum absolute atomic E-state index is 0.0151. The van der Waals surface area contributed by atoms with Gasteiger partial charge in [-0.1, -0.05) is 37.6 Å². The number of nitrogens with one attached hydrogen (secondary N) is 4. The molecule has 1 aliphatic rings. The largest absolute Gasteiger partial charge is 0.432 e. The van der Waals surface area contributed by atoms with Gasteiger partial charge in [0.1, 0.15) is 16.5 Å². The van der Waals surface area contributed by atoms with E-state index in [-0.39, 0.29) is 33.9 Å². The number of hydrogen-bond acceptors (Lipinski definition) is 6. The lowest BCUT2D eigenvalue weighted by molar-refractivity contribution is -0.140. The number of anilines is 5. The number of para-hydroxylation sites is 1. The van der Waals surface area contributed by atoms with Crippen LogP contribution in [0.15, 0.2) is 54.9 Å². The van der Waals surface area contributed by atoms with Gasteiger partial charge in [0, 0.05) is 23.4 Å². The highest BCUT2D eigenvalue weighted by atomic mass is 35.5. The molecular formula is C26H23ClF3N7O. The van der Waals surface area contributed by atoms with E-state index in [4.69, 9.17) is 11.6 Å². The van der Waals surface area contributed by atoms with E-state index in [1.54, 1.807) is 24.3 Å². The molecule has 4 N–H and O–H groups in total. The van der Waals surface area contributed by atoms with Crippen LogP contribution in [0.2, 0.25) is 5.02 Å². The van der Waals surface area contributed by atoms with Gasteiger partial charge in [0.15, 0.2) is 5.82 Å². The number of aromatic amines is 1. The van der Waals surface area contributed by atoms with Crippen molar-refractivity contribution in [3.05, 3.63) is 71.1 Å². The molecule has 0 bridgehead atoms. The van der Waals surface area contributed by atoms with Crippen molar-refractivity contribution in [2.75, 3.05) is 16.0 Å². The Balaban J connectivity index is 1.42. The molecular weight excluding hydrogens is 519 g/mol. The summed E-state index contributed by atoms with van der Waals surface area (Å²) in [6.07, 6.45) is -1.22. The van der Waals surface area contributed by atoms with Crippen LogP contribution >= 0.6 is 11.6 Å². The number of halogens is 4. The second kappa shape index (κ2) is 9.64. The first-order valence-corrected chi connectivity index (χ1v) is 12.1. The Labute approximate surface area is 221 Å². The van der Waals surface area contributed by atoms with Crippen molar-refractivity contribution >= 4 is 46.3 Å². The maximum Gasteiger partial charge on any atom is 0.432 e. The average molecular weight is 542 g/mol. The fourth-order valence-electron chi connectivity index (χ4n) is 4.24. The van der Waals surface area contributed by atoms with Crippen LogP contribution in [0.1, 0.15) is 37.9 Å². The first kappa shape index (κ1) is 25.5. The van der Waals surface area contributed by atoms with E-state index < -0.39 is 11.9 Å². The third-order valence-electron chi connectivity index (χ3n) is 6.32. The molecule has 0 atom stereocenters. The van der Waals surface area contributed by atoms with Crippen molar-refractivity contribution in [2.45, 2.75) is 38.3 Å². The number of nitrogens with zero attached hydrogens (tertiary/aromatic N) is 3. The van der Waals surface area contributed by atoms with Crippen LogP contribution in [-0.2, 0) is 16.4 Å². The molecule has 0 spiro atoms. The number of hydrogen-bond donors (Lipinski definition) is 4. The van der Waals surface area contributed by atoms with Gasteiger partial charge in [-0.05, 0) is 47.7 Å². The standard InChI is InChI=1S/C26H23ClF3N7O/c1-25(2)10-9-21(38)34-19-8-7-14(11-16(19)25)33-24-32-12-17(27)23(37-24)35-18-6-4-3-5-15(18)22-31-13-20(36-22)26(28,29)30/h3-8,11-13H,9-10H2,1-2H3,(H,31,36)(H,34,38)(H2,32,33,35,37). The summed E-state index contributed by atoms with van der Waals surface area (Å²) in [5.41, 5.74) is 2.17. The van der Waals surface area contributed by atoms with E-state index in [9.17, 15) is 18.0 Å². The van der Waals surface area contributed by atoms with Gasteiger partial charge in [-0.3, -0.25) is 4.79 Å². The summed E-state index contributed by atoms with van der Waals surface area (Å²) in [6, 6.07) is 12.3. The van der Waals surface area contributed by atoms with E-state index in [0.29, 0.717) is 24.1 Å². The fraction of sp³-hybridized carbons (Fsp3) is 0.231. The molecule has 0 saturated carbocycles. The number of alkyl halides is 3. The van der Waals surface area contributed by atoms with Crippen molar-refractivity contribution in [3.63, 3.8) is 0 Å². The molecule has 0 saturated heterocycles. The zero-order chi connectivity index (χ0) is 27.1. The Bertz CT molecular complexity index is 1520. The summed E-state index contributed by atoms with van der Waals surface area (Å²) in [5, 5.41) is 9.40. The predicted octanol–water partition coefficient (Wildman–Crippen LogP) is 7.04. The highest BCUT2D eigenvalue weighted by Gasteiger charge is 2.33. The quantitative estimate of drug-likeness (QED) is 0.216. The number of benzene rings is 2. The molecule has 2 aromatic carbocycles. The van der Waals surface area contributed by atoms with Crippen LogP contribution in [0, 0.1) is 0 Å². The van der Waals surface area contributed by atoms with Gasteiger partial charge in [0.2, 0.25) is 11.9 Å². The topological polar surface area (TPSA) is 108 Å². The molecule has 38 heavy (non-hydrogen) atoms. The van der Waals surface area contributed by atoms with Crippen LogP contribution in [0.4, 0.5) is 42.0 Å². The Morgan fingerprint density at radius 1 is 1.05 bits per heavy atom. The van der Waals surface area contributed by atoms with Gasteiger partial charge in [-0.2, -0.15) is 18.2 Å². The van der Waals surface area contributed by atoms with Gasteiger partial charge < -0.3 is 20.9 Å². The van der Waals surface area contributed by atoms with Crippen LogP contribution in [0.25, 0.3) is 11.4 Å². The summed E-state index contributed by atoms with van der Waals surface area (Å²) in [4.78, 5) is 27.0. The first-order valence-electron chi connectivity index (χ1n) is 11.7. The zero-order valence-electron chi connectivity index (χ0n) is 20.4. The Morgan fingerprint density at radius 3 is 2.61 bits per heavy atom. The molecule has 0 fully saturated rings. The van der Waals surface area contributed by atoms with Crippen LogP contribution in [0.5, 0.6) is 0 Å². The van der Waals surface area contributed by atoms with Crippen molar-refractivity contribution in [1.82, 2.24) is 19.9 Å². The van der Waals surface area contributed by atoms with Crippen molar-refractivity contribution < 1.29 is 18.0 Å². The maximum absolute atomic E-state index is 13.1. The Kier molecular flexibility index (Phi) is 6.47. The Morgan fingerprint density at radius 2 is 1.84 bits per heavy atom. The molecule has 12 heteroatoms. The normalized spacial score (nSPS) is 14.8. The number of rotatable bonds is 5. The molecule has 196 valence electrons. The molecule has 0 aliphatic carbocycles. The summed E-state index contributed by atoms with van der Waals surface area (Å²) >= 11 is 6.35. The lowest BCUT2D eigenvalue weighted by Crippen LogP contribution is -2.16. The number of carbonyl (C=O) groups excluding carboxylic acids is 1. The van der Waals surface area contributed by atoms with E-state index in [0.717, 1.165) is 23.1 Å². The number of imidazole rings is 1.